The number of aliphatic carboxylic acids is 1. The molecule has 0 saturated carbocycles. The first-order valence-corrected chi connectivity index (χ1v) is 9.92. The topological polar surface area (TPSA) is 152 Å². The number of nitrogens with two attached hydrogens (primary N) is 1. The van der Waals surface area contributed by atoms with Crippen molar-refractivity contribution in [3.8, 4) is 0 Å². The van der Waals surface area contributed by atoms with Crippen molar-refractivity contribution in [2.24, 2.45) is 10.7 Å². The third-order valence-corrected chi connectivity index (χ3v) is 4.13. The van der Waals surface area contributed by atoms with Gasteiger partial charge < -0.3 is 20.3 Å². The molecule has 0 saturated heterocycles. The van der Waals surface area contributed by atoms with Crippen LogP contribution in [0.4, 0.5) is 9.59 Å². The number of aliphatic imine (C=N–C) groups is 1. The Kier molecular flexibility index (Phi) is 10.2. The quantitative estimate of drug-likeness (QED) is 0.264. The minimum Gasteiger partial charge on any atom is -0.480 e. The van der Waals surface area contributed by atoms with Gasteiger partial charge in [-0.15, -0.1) is 0 Å². The van der Waals surface area contributed by atoms with Crippen LogP contribution in [0.3, 0.4) is 0 Å². The Hall–Kier alpha value is -3.92. The SMILES string of the molecule is N[C@H](CCCN=C(NC(=O)OCc1ccccc1)NC(=O)OCc1ccccc1)C(=O)O. The Morgan fingerprint density at radius 1 is 0.875 bits per heavy atom. The second-order valence-electron chi connectivity index (χ2n) is 6.69. The molecule has 0 heterocycles. The number of guanidine groups is 1. The number of amides is 2. The van der Waals surface area contributed by atoms with Crippen molar-refractivity contribution in [1.82, 2.24) is 10.6 Å². The van der Waals surface area contributed by atoms with Crippen LogP contribution in [0.1, 0.15) is 24.0 Å². The van der Waals surface area contributed by atoms with E-state index in [2.05, 4.69) is 15.6 Å². The lowest BCUT2D eigenvalue weighted by atomic mass is 10.2. The van der Waals surface area contributed by atoms with Gasteiger partial charge in [-0.25, -0.2) is 9.59 Å². The molecular weight excluding hydrogens is 416 g/mol. The van der Waals surface area contributed by atoms with Crippen LogP contribution in [0, 0.1) is 0 Å². The zero-order valence-electron chi connectivity index (χ0n) is 17.4. The van der Waals surface area contributed by atoms with Crippen molar-refractivity contribution < 1.29 is 29.0 Å². The minimum absolute atomic E-state index is 0.0336. The van der Waals surface area contributed by atoms with Gasteiger partial charge in [0.25, 0.3) is 0 Å². The number of nitrogens with one attached hydrogen (secondary N) is 2. The van der Waals surface area contributed by atoms with E-state index < -0.39 is 24.2 Å². The summed E-state index contributed by atoms with van der Waals surface area (Å²) in [6, 6.07) is 17.1. The highest BCUT2D eigenvalue weighted by Gasteiger charge is 2.13. The third-order valence-electron chi connectivity index (χ3n) is 4.13. The van der Waals surface area contributed by atoms with E-state index in [1.54, 1.807) is 24.3 Å². The molecule has 0 aliphatic rings. The molecule has 0 bridgehead atoms. The van der Waals surface area contributed by atoms with Gasteiger partial charge >= 0.3 is 18.2 Å². The van der Waals surface area contributed by atoms with Gasteiger partial charge in [0.2, 0.25) is 5.96 Å². The summed E-state index contributed by atoms with van der Waals surface area (Å²) in [5.41, 5.74) is 7.04. The Morgan fingerprint density at radius 3 is 1.78 bits per heavy atom. The Balaban J connectivity index is 1.89. The molecule has 10 heteroatoms. The number of carboxylic acids is 1. The van der Waals surface area contributed by atoms with Gasteiger partial charge in [0.15, 0.2) is 0 Å². The van der Waals surface area contributed by atoms with Crippen LogP contribution in [0.5, 0.6) is 0 Å². The van der Waals surface area contributed by atoms with Crippen molar-refractivity contribution in [3.05, 3.63) is 71.8 Å². The number of carboxylic acid groups (broad SMARTS) is 1. The number of ether oxygens (including phenoxy) is 2. The number of rotatable bonds is 9. The molecule has 0 spiro atoms. The summed E-state index contributed by atoms with van der Waals surface area (Å²) in [6.45, 7) is 0.186. The van der Waals surface area contributed by atoms with Gasteiger partial charge in [0.1, 0.15) is 19.3 Å². The number of hydrogen-bond acceptors (Lipinski definition) is 7. The summed E-state index contributed by atoms with van der Waals surface area (Å²) in [4.78, 5) is 39.1. The van der Waals surface area contributed by atoms with E-state index in [-0.39, 0.29) is 32.1 Å². The molecule has 5 N–H and O–H groups in total. The molecule has 0 fully saturated rings. The first kappa shape index (κ1) is 24.4. The molecule has 2 rings (SSSR count). The fourth-order valence-corrected chi connectivity index (χ4v) is 2.45. The zero-order valence-corrected chi connectivity index (χ0v) is 17.4. The van der Waals surface area contributed by atoms with Crippen LogP contribution < -0.4 is 16.4 Å². The Labute approximate surface area is 185 Å². The summed E-state index contributed by atoms with van der Waals surface area (Å²) in [7, 11) is 0. The van der Waals surface area contributed by atoms with Gasteiger partial charge in [0, 0.05) is 6.54 Å². The molecule has 0 aliphatic carbocycles. The van der Waals surface area contributed by atoms with Crippen LogP contribution >= 0.6 is 0 Å². The number of nitrogens with zero attached hydrogens (tertiary/aromatic N) is 1. The first-order chi connectivity index (χ1) is 15.4. The minimum atomic E-state index is -1.11. The standard InChI is InChI=1S/C22H26N4O6/c23-18(19(27)28)12-7-13-24-20(25-21(29)31-14-16-8-3-1-4-9-16)26-22(30)32-15-17-10-5-2-6-11-17/h1-6,8-11,18H,7,12-15,23H2,(H,27,28)(H2,24,25,26,29,30)/t18-/m1/s1. The zero-order chi connectivity index (χ0) is 23.2. The highest BCUT2D eigenvalue weighted by molar-refractivity contribution is 6.01. The van der Waals surface area contributed by atoms with Crippen molar-refractivity contribution in [2.45, 2.75) is 32.1 Å². The molecule has 2 aromatic rings. The molecule has 32 heavy (non-hydrogen) atoms. The predicted octanol–water partition coefficient (Wildman–Crippen LogP) is 2.39. The molecule has 0 unspecified atom stereocenters. The van der Waals surface area contributed by atoms with Crippen molar-refractivity contribution in [2.75, 3.05) is 6.54 Å². The molecule has 0 aliphatic heterocycles. The molecular formula is C22H26N4O6. The van der Waals surface area contributed by atoms with Gasteiger partial charge in [-0.3, -0.25) is 20.4 Å². The highest BCUT2D eigenvalue weighted by Crippen LogP contribution is 2.02. The second-order valence-corrected chi connectivity index (χ2v) is 6.69. The fourth-order valence-electron chi connectivity index (χ4n) is 2.45. The van der Waals surface area contributed by atoms with Crippen molar-refractivity contribution in [3.63, 3.8) is 0 Å². The van der Waals surface area contributed by atoms with Crippen molar-refractivity contribution in [1.29, 1.82) is 0 Å². The number of carbonyl (C=O) groups is 3. The molecule has 0 radical (unpaired) electrons. The molecule has 2 amide bonds. The highest BCUT2D eigenvalue weighted by atomic mass is 16.6. The van der Waals surface area contributed by atoms with Gasteiger partial charge in [-0.2, -0.15) is 0 Å². The van der Waals surface area contributed by atoms with E-state index in [1.807, 2.05) is 36.4 Å². The van der Waals surface area contributed by atoms with Gasteiger partial charge in [0.05, 0.1) is 0 Å². The van der Waals surface area contributed by atoms with Gasteiger partial charge in [-0.05, 0) is 24.0 Å². The fraction of sp³-hybridized carbons (Fsp3) is 0.273. The Morgan fingerprint density at radius 2 is 1.34 bits per heavy atom. The summed E-state index contributed by atoms with van der Waals surface area (Å²) in [5, 5.41) is 13.5. The van der Waals surface area contributed by atoms with Crippen LogP contribution in [-0.2, 0) is 27.5 Å². The van der Waals surface area contributed by atoms with Gasteiger partial charge in [-0.1, -0.05) is 60.7 Å². The smallest absolute Gasteiger partial charge is 0.414 e. The number of benzene rings is 2. The van der Waals surface area contributed by atoms with E-state index in [1.165, 1.54) is 0 Å². The largest absolute Gasteiger partial charge is 0.480 e. The van der Waals surface area contributed by atoms with Crippen LogP contribution in [-0.4, -0.2) is 41.8 Å². The first-order valence-electron chi connectivity index (χ1n) is 9.92. The Bertz CT molecular complexity index is 846. The maximum absolute atomic E-state index is 12.1. The number of hydrogen-bond donors (Lipinski definition) is 4. The van der Waals surface area contributed by atoms with E-state index >= 15 is 0 Å². The molecule has 0 aromatic heterocycles. The molecule has 2 aromatic carbocycles. The summed E-state index contributed by atoms with van der Waals surface area (Å²) < 4.78 is 10.2. The van der Waals surface area contributed by atoms with E-state index in [0.29, 0.717) is 6.42 Å². The lowest BCUT2D eigenvalue weighted by molar-refractivity contribution is -0.138. The lowest BCUT2D eigenvalue weighted by Crippen LogP contribution is -2.44. The molecule has 1 atom stereocenters. The van der Waals surface area contributed by atoms with Crippen LogP contribution in [0.15, 0.2) is 65.7 Å². The monoisotopic (exact) mass is 442 g/mol. The lowest BCUT2D eigenvalue weighted by Gasteiger charge is -2.12. The summed E-state index contributed by atoms with van der Waals surface area (Å²) in [5.74, 6) is -1.29. The van der Waals surface area contributed by atoms with E-state index in [0.717, 1.165) is 11.1 Å². The van der Waals surface area contributed by atoms with Crippen LogP contribution in [0.2, 0.25) is 0 Å². The molecule has 170 valence electrons. The normalized spacial score (nSPS) is 11.0. The summed E-state index contributed by atoms with van der Waals surface area (Å²) >= 11 is 0. The second kappa shape index (κ2) is 13.4. The maximum Gasteiger partial charge on any atom is 0.414 e. The predicted molar refractivity (Wildman–Crippen MR) is 117 cm³/mol. The number of alkyl carbamates (subject to hydrolysis) is 2. The third kappa shape index (κ3) is 9.72. The molecule has 10 nitrogen and oxygen atoms in total. The average Bonchev–Trinajstić information content (AvgIpc) is 2.80. The van der Waals surface area contributed by atoms with E-state index in [9.17, 15) is 14.4 Å². The van der Waals surface area contributed by atoms with E-state index in [4.69, 9.17) is 20.3 Å². The maximum atomic E-state index is 12.1. The average molecular weight is 442 g/mol. The van der Waals surface area contributed by atoms with Crippen LogP contribution in [0.25, 0.3) is 0 Å². The summed E-state index contributed by atoms with van der Waals surface area (Å²) in [6.07, 6.45) is -1.13. The number of carbonyl (C=O) groups excluding carboxylic acids is 2. The van der Waals surface area contributed by atoms with Crippen molar-refractivity contribution >= 4 is 24.1 Å².